The molecule has 3 heterocycles. The summed E-state index contributed by atoms with van der Waals surface area (Å²) >= 11 is 0. The van der Waals surface area contributed by atoms with Gasteiger partial charge < -0.3 is 10.3 Å². The average Bonchev–Trinajstić information content (AvgIpc) is 3.30. The predicted octanol–water partition coefficient (Wildman–Crippen LogP) is 2.04. The van der Waals surface area contributed by atoms with Crippen molar-refractivity contribution in [2.24, 2.45) is 7.05 Å². The Hall–Kier alpha value is -3.88. The van der Waals surface area contributed by atoms with Gasteiger partial charge in [0, 0.05) is 31.8 Å². The van der Waals surface area contributed by atoms with E-state index in [9.17, 15) is 14.4 Å². The summed E-state index contributed by atoms with van der Waals surface area (Å²) in [5, 5.41) is 10.6. The molecule has 0 aliphatic heterocycles. The van der Waals surface area contributed by atoms with Gasteiger partial charge in [0.25, 0.3) is 11.1 Å². The average molecular weight is 449 g/mol. The molecule has 4 rings (SSSR count). The summed E-state index contributed by atoms with van der Waals surface area (Å²) in [6, 6.07) is 9.95. The van der Waals surface area contributed by atoms with E-state index < -0.39 is 0 Å². The van der Waals surface area contributed by atoms with Crippen molar-refractivity contribution < 1.29 is 4.79 Å². The zero-order valence-corrected chi connectivity index (χ0v) is 19.1. The van der Waals surface area contributed by atoms with E-state index in [1.54, 1.807) is 14.0 Å². The molecule has 9 heteroatoms. The molecule has 33 heavy (non-hydrogen) atoms. The van der Waals surface area contributed by atoms with Crippen LogP contribution in [0.3, 0.4) is 0 Å². The highest BCUT2D eigenvalue weighted by Crippen LogP contribution is 2.15. The molecule has 0 saturated carbocycles. The number of carbonyl (C=O) groups is 1. The summed E-state index contributed by atoms with van der Waals surface area (Å²) in [4.78, 5) is 39.7. The number of hydrogen-bond acceptors (Lipinski definition) is 4. The van der Waals surface area contributed by atoms with Crippen LogP contribution in [0.4, 0.5) is 0 Å². The minimum Gasteiger partial charge on any atom is -0.356 e. The van der Waals surface area contributed by atoms with Crippen LogP contribution >= 0.6 is 0 Å². The van der Waals surface area contributed by atoms with Gasteiger partial charge in [-0.1, -0.05) is 18.2 Å². The Morgan fingerprint density at radius 3 is 2.61 bits per heavy atom. The van der Waals surface area contributed by atoms with Gasteiger partial charge in [-0.05, 0) is 56.4 Å². The number of aryl methyl sites for hydroxylation is 4. The van der Waals surface area contributed by atoms with Crippen molar-refractivity contribution in [1.82, 2.24) is 29.9 Å². The first-order chi connectivity index (χ1) is 15.8. The van der Waals surface area contributed by atoms with E-state index >= 15 is 0 Å². The maximum absolute atomic E-state index is 12.5. The third kappa shape index (κ3) is 4.67. The van der Waals surface area contributed by atoms with Gasteiger partial charge in [0.2, 0.25) is 5.91 Å². The second-order valence-corrected chi connectivity index (χ2v) is 8.25. The van der Waals surface area contributed by atoms with Gasteiger partial charge in [-0.25, -0.2) is 4.68 Å². The number of rotatable bonds is 8. The van der Waals surface area contributed by atoms with Gasteiger partial charge in [0.1, 0.15) is 5.65 Å². The van der Waals surface area contributed by atoms with Gasteiger partial charge in [-0.2, -0.15) is 5.10 Å². The first-order valence-electron chi connectivity index (χ1n) is 11.0. The van der Waals surface area contributed by atoms with E-state index in [0.717, 1.165) is 29.8 Å². The molecule has 4 aromatic rings. The lowest BCUT2D eigenvalue weighted by atomic mass is 10.0. The largest absolute Gasteiger partial charge is 0.356 e. The number of aromatic nitrogens is 5. The second-order valence-electron chi connectivity index (χ2n) is 8.25. The summed E-state index contributed by atoms with van der Waals surface area (Å²) in [7, 11) is 1.67. The van der Waals surface area contributed by atoms with Gasteiger partial charge in [-0.15, -0.1) is 0 Å². The van der Waals surface area contributed by atoms with Crippen molar-refractivity contribution >= 4 is 16.9 Å². The molecule has 0 spiro atoms. The maximum Gasteiger partial charge on any atom is 0.273 e. The Kier molecular flexibility index (Phi) is 6.30. The molecule has 0 aliphatic carbocycles. The fourth-order valence-corrected chi connectivity index (χ4v) is 4.13. The predicted molar refractivity (Wildman–Crippen MR) is 127 cm³/mol. The Labute approximate surface area is 190 Å². The molecular formula is C24H28N6O3. The van der Waals surface area contributed by atoms with Crippen LogP contribution in [0, 0.1) is 13.8 Å². The normalized spacial score (nSPS) is 11.2. The van der Waals surface area contributed by atoms with Gasteiger partial charge >= 0.3 is 0 Å². The molecule has 0 fully saturated rings. The van der Waals surface area contributed by atoms with Crippen LogP contribution in [0.25, 0.3) is 16.7 Å². The summed E-state index contributed by atoms with van der Waals surface area (Å²) in [6.45, 7) is 4.28. The minimum atomic E-state index is -0.270. The number of aromatic amines is 2. The number of fused-ring (bicyclic) bond motifs is 1. The van der Waals surface area contributed by atoms with Crippen LogP contribution in [0.2, 0.25) is 0 Å². The smallest absolute Gasteiger partial charge is 0.273 e. The molecule has 172 valence electrons. The highest BCUT2D eigenvalue weighted by molar-refractivity contribution is 5.80. The molecule has 0 unspecified atom stereocenters. The van der Waals surface area contributed by atoms with Crippen molar-refractivity contribution in [3.63, 3.8) is 0 Å². The number of H-pyrrole nitrogens is 2. The van der Waals surface area contributed by atoms with Crippen molar-refractivity contribution in [1.29, 1.82) is 0 Å². The lowest BCUT2D eigenvalue weighted by Gasteiger charge is -2.07. The van der Waals surface area contributed by atoms with E-state index in [0.29, 0.717) is 28.7 Å². The van der Waals surface area contributed by atoms with Crippen molar-refractivity contribution in [2.45, 2.75) is 39.5 Å². The summed E-state index contributed by atoms with van der Waals surface area (Å²) in [5.74, 6) is -0.118. The van der Waals surface area contributed by atoms with E-state index in [2.05, 4.69) is 20.5 Å². The number of amides is 1. The van der Waals surface area contributed by atoms with E-state index in [-0.39, 0.29) is 29.9 Å². The second kappa shape index (κ2) is 9.32. The van der Waals surface area contributed by atoms with Crippen LogP contribution in [-0.4, -0.2) is 37.0 Å². The Morgan fingerprint density at radius 2 is 1.85 bits per heavy atom. The van der Waals surface area contributed by atoms with Crippen LogP contribution in [0.5, 0.6) is 0 Å². The molecule has 3 N–H and O–H groups in total. The summed E-state index contributed by atoms with van der Waals surface area (Å²) in [5.41, 5.74) is 4.17. The highest BCUT2D eigenvalue weighted by atomic mass is 16.2. The molecule has 0 saturated heterocycles. The fraction of sp³-hybridized carbons (Fsp3) is 0.333. The summed E-state index contributed by atoms with van der Waals surface area (Å²) in [6.07, 6.45) is 4.09. The van der Waals surface area contributed by atoms with Crippen LogP contribution in [-0.2, 0) is 24.7 Å². The topological polar surface area (TPSA) is 118 Å². The van der Waals surface area contributed by atoms with Gasteiger partial charge in [0.05, 0.1) is 16.8 Å². The fourth-order valence-electron chi connectivity index (χ4n) is 4.13. The maximum atomic E-state index is 12.5. The molecule has 9 nitrogen and oxygen atoms in total. The molecule has 3 aromatic heterocycles. The van der Waals surface area contributed by atoms with E-state index in [1.165, 1.54) is 4.68 Å². The minimum absolute atomic E-state index is 0.118. The summed E-state index contributed by atoms with van der Waals surface area (Å²) < 4.78 is 3.37. The number of hydrogen-bond donors (Lipinski definition) is 3. The SMILES string of the molecule is Cc1nn(-c2ccccc2)cc1CCCNC(=O)CCc1c(C)c2c(=O)[nH]n(C)c2[nH]c1=O. The van der Waals surface area contributed by atoms with Crippen LogP contribution in [0.1, 0.15) is 35.2 Å². The molecule has 0 radical (unpaired) electrons. The molecule has 0 aliphatic rings. The van der Waals surface area contributed by atoms with Crippen LogP contribution in [0.15, 0.2) is 46.1 Å². The highest BCUT2D eigenvalue weighted by Gasteiger charge is 2.16. The number of carbonyl (C=O) groups excluding carboxylic acids is 1. The van der Waals surface area contributed by atoms with Gasteiger partial charge in [-0.3, -0.25) is 24.2 Å². The van der Waals surface area contributed by atoms with Crippen LogP contribution < -0.4 is 16.4 Å². The number of pyridine rings is 1. The lowest BCUT2D eigenvalue weighted by Crippen LogP contribution is -2.26. The number of nitrogens with zero attached hydrogens (tertiary/aromatic N) is 3. The molecule has 1 amide bonds. The zero-order valence-electron chi connectivity index (χ0n) is 19.1. The Morgan fingerprint density at radius 1 is 1.09 bits per heavy atom. The first-order valence-corrected chi connectivity index (χ1v) is 11.0. The molecule has 0 atom stereocenters. The Balaban J connectivity index is 1.30. The number of nitrogens with one attached hydrogen (secondary N) is 3. The van der Waals surface area contributed by atoms with Crippen molar-refractivity contribution in [2.75, 3.05) is 6.54 Å². The quantitative estimate of drug-likeness (QED) is 0.358. The third-order valence-electron chi connectivity index (χ3n) is 5.97. The van der Waals surface area contributed by atoms with Crippen molar-refractivity contribution in [3.8, 4) is 5.69 Å². The zero-order chi connectivity index (χ0) is 23.5. The molecule has 1 aromatic carbocycles. The van der Waals surface area contributed by atoms with E-state index in [1.807, 2.05) is 48.1 Å². The lowest BCUT2D eigenvalue weighted by molar-refractivity contribution is -0.121. The standard InChI is InChI=1S/C24H28N6O3/c1-15-19(23(32)26-22-21(15)24(33)28-29(22)3)11-12-20(31)25-13-7-8-17-14-30(27-16(17)2)18-9-5-4-6-10-18/h4-6,9-10,14H,7-8,11-13H2,1-3H3,(H,25,31)(H,26,32)(H,28,33). The number of para-hydroxylation sites is 1. The van der Waals surface area contributed by atoms with E-state index in [4.69, 9.17) is 0 Å². The third-order valence-corrected chi connectivity index (χ3v) is 5.97. The van der Waals surface area contributed by atoms with Crippen molar-refractivity contribution in [3.05, 3.63) is 79.6 Å². The Bertz CT molecular complexity index is 1410. The number of benzene rings is 1. The molecule has 0 bridgehead atoms. The monoisotopic (exact) mass is 448 g/mol. The van der Waals surface area contributed by atoms with Gasteiger partial charge in [0.15, 0.2) is 0 Å². The molecular weight excluding hydrogens is 420 g/mol. The first kappa shape index (κ1) is 22.3.